The number of thioether (sulfide) groups is 1. The number of carbonyl (C=O) groups is 1. The van der Waals surface area contributed by atoms with E-state index in [2.05, 4.69) is 10.3 Å². The Hall–Kier alpha value is -1.05. The van der Waals surface area contributed by atoms with Crippen LogP contribution in [0.2, 0.25) is 0 Å². The first-order valence-electron chi connectivity index (χ1n) is 4.84. The average Bonchev–Trinajstić information content (AvgIpc) is 2.94. The highest BCUT2D eigenvalue weighted by molar-refractivity contribution is 8.01. The van der Waals surface area contributed by atoms with Crippen LogP contribution in [0.15, 0.2) is 21.9 Å². The minimum atomic E-state index is -0.0126. The van der Waals surface area contributed by atoms with Crippen molar-refractivity contribution in [3.8, 4) is 10.6 Å². The number of carbonyl (C=O) groups excluding carboxylic acids is 1. The van der Waals surface area contributed by atoms with Gasteiger partial charge in [0.15, 0.2) is 4.34 Å². The van der Waals surface area contributed by atoms with Gasteiger partial charge in [-0.2, -0.15) is 0 Å². The second-order valence-corrected chi connectivity index (χ2v) is 6.33. The van der Waals surface area contributed by atoms with Crippen molar-refractivity contribution in [2.24, 2.45) is 0 Å². The molecule has 7 heteroatoms. The lowest BCUT2D eigenvalue weighted by Crippen LogP contribution is -2.19. The predicted molar refractivity (Wildman–Crippen MR) is 74.6 cm³/mol. The van der Waals surface area contributed by atoms with Gasteiger partial charge in [-0.1, -0.05) is 29.2 Å². The maximum absolute atomic E-state index is 11.1. The third-order valence-corrected chi connectivity index (χ3v) is 4.90. The molecule has 0 bridgehead atoms. The van der Waals surface area contributed by atoms with Crippen molar-refractivity contribution in [2.45, 2.75) is 4.34 Å². The Morgan fingerprint density at radius 3 is 3.12 bits per heavy atom. The van der Waals surface area contributed by atoms with Crippen LogP contribution in [0.5, 0.6) is 0 Å². The number of thiophene rings is 1. The lowest BCUT2D eigenvalue weighted by atomic mass is 10.4. The number of amides is 1. The fourth-order valence-corrected chi connectivity index (χ4v) is 3.77. The Labute approximate surface area is 111 Å². The molecule has 2 aromatic heterocycles. The molecular weight excluding hydrogens is 274 g/mol. The van der Waals surface area contributed by atoms with Crippen molar-refractivity contribution in [3.05, 3.63) is 17.5 Å². The van der Waals surface area contributed by atoms with Crippen LogP contribution in [0, 0.1) is 0 Å². The molecule has 4 nitrogen and oxygen atoms in total. The van der Waals surface area contributed by atoms with Crippen LogP contribution in [0.4, 0.5) is 5.00 Å². The van der Waals surface area contributed by atoms with E-state index in [-0.39, 0.29) is 5.91 Å². The van der Waals surface area contributed by atoms with Gasteiger partial charge < -0.3 is 11.1 Å². The highest BCUT2D eigenvalue weighted by atomic mass is 32.2. The molecule has 0 aliphatic carbocycles. The topological polar surface area (TPSA) is 68.0 Å². The van der Waals surface area contributed by atoms with Crippen LogP contribution >= 0.6 is 34.4 Å². The summed E-state index contributed by atoms with van der Waals surface area (Å²) in [5, 5.41) is 5.26. The number of nitrogen functional groups attached to an aromatic ring is 1. The van der Waals surface area contributed by atoms with E-state index in [9.17, 15) is 4.79 Å². The maximum Gasteiger partial charge on any atom is 0.230 e. The summed E-state index contributed by atoms with van der Waals surface area (Å²) in [4.78, 5) is 16.6. The van der Waals surface area contributed by atoms with Crippen molar-refractivity contribution in [2.75, 3.05) is 18.5 Å². The van der Waals surface area contributed by atoms with E-state index in [1.165, 1.54) is 23.1 Å². The normalized spacial score (nSPS) is 10.4. The molecule has 17 heavy (non-hydrogen) atoms. The summed E-state index contributed by atoms with van der Waals surface area (Å²) in [6.07, 6.45) is 0. The Balaban J connectivity index is 2.11. The predicted octanol–water partition coefficient (Wildman–Crippen LogP) is 2.29. The van der Waals surface area contributed by atoms with E-state index < -0.39 is 0 Å². The van der Waals surface area contributed by atoms with E-state index in [0.29, 0.717) is 10.8 Å². The third kappa shape index (κ3) is 2.99. The highest BCUT2D eigenvalue weighted by Gasteiger charge is 2.12. The van der Waals surface area contributed by atoms with Crippen LogP contribution in [0.1, 0.15) is 0 Å². The molecule has 0 aromatic carbocycles. The number of aromatic nitrogens is 1. The number of thiazole rings is 1. The molecule has 2 rings (SSSR count). The number of hydrogen-bond acceptors (Lipinski definition) is 6. The van der Waals surface area contributed by atoms with Crippen molar-refractivity contribution >= 4 is 45.3 Å². The van der Waals surface area contributed by atoms with E-state index in [4.69, 9.17) is 5.73 Å². The Bertz CT molecular complexity index is 507. The van der Waals surface area contributed by atoms with Crippen LogP contribution in [0.3, 0.4) is 0 Å². The molecule has 1 amide bonds. The number of hydrogen-bond donors (Lipinski definition) is 2. The van der Waals surface area contributed by atoms with E-state index in [1.807, 2.05) is 17.5 Å². The minimum absolute atomic E-state index is 0.0126. The van der Waals surface area contributed by atoms with Gasteiger partial charge in [0.1, 0.15) is 10.7 Å². The summed E-state index contributed by atoms with van der Waals surface area (Å²) < 4.78 is 0.828. The average molecular weight is 285 g/mol. The molecule has 0 spiro atoms. The fourth-order valence-electron chi connectivity index (χ4n) is 1.16. The number of nitrogens with one attached hydrogen (secondary N) is 1. The zero-order valence-corrected chi connectivity index (χ0v) is 11.5. The largest absolute Gasteiger partial charge is 0.389 e. The second-order valence-electron chi connectivity index (χ2n) is 3.13. The van der Waals surface area contributed by atoms with Gasteiger partial charge in [-0.25, -0.2) is 4.98 Å². The molecule has 0 atom stereocenters. The van der Waals surface area contributed by atoms with Crippen LogP contribution < -0.4 is 11.1 Å². The first kappa shape index (κ1) is 12.4. The molecule has 0 aliphatic heterocycles. The summed E-state index contributed by atoms with van der Waals surface area (Å²) in [6, 6.07) is 3.96. The smallest absolute Gasteiger partial charge is 0.230 e. The van der Waals surface area contributed by atoms with Crippen LogP contribution in [-0.4, -0.2) is 23.7 Å². The van der Waals surface area contributed by atoms with Gasteiger partial charge in [-0.15, -0.1) is 11.3 Å². The second kappa shape index (κ2) is 5.52. The van der Waals surface area contributed by atoms with Gasteiger partial charge in [-0.05, 0) is 11.4 Å². The molecule has 2 heterocycles. The zero-order chi connectivity index (χ0) is 12.3. The van der Waals surface area contributed by atoms with Gasteiger partial charge in [0.2, 0.25) is 5.91 Å². The highest BCUT2D eigenvalue weighted by Crippen LogP contribution is 2.37. The molecule has 2 aromatic rings. The molecule has 3 N–H and O–H groups in total. The molecule has 0 saturated heterocycles. The maximum atomic E-state index is 11.1. The zero-order valence-electron chi connectivity index (χ0n) is 9.10. The Morgan fingerprint density at radius 2 is 2.47 bits per heavy atom. The summed E-state index contributed by atoms with van der Waals surface area (Å²) in [6.45, 7) is 0. The van der Waals surface area contributed by atoms with Gasteiger partial charge in [0.25, 0.3) is 0 Å². The fraction of sp³-hybridized carbons (Fsp3) is 0.200. The van der Waals surface area contributed by atoms with Crippen LogP contribution in [-0.2, 0) is 4.79 Å². The lowest BCUT2D eigenvalue weighted by molar-refractivity contribution is -0.118. The number of anilines is 1. The summed E-state index contributed by atoms with van der Waals surface area (Å²) in [5.41, 5.74) is 6.74. The molecule has 90 valence electrons. The monoisotopic (exact) mass is 285 g/mol. The first-order valence-corrected chi connectivity index (χ1v) is 7.52. The van der Waals surface area contributed by atoms with Gasteiger partial charge in [-0.3, -0.25) is 4.79 Å². The standard InChI is InChI=1S/C10H11N3OS3/c1-12-7(14)5-16-10-13-8(9(11)17-10)6-3-2-4-15-6/h2-4H,5,11H2,1H3,(H,12,14). The van der Waals surface area contributed by atoms with Crippen molar-refractivity contribution in [1.82, 2.24) is 10.3 Å². The minimum Gasteiger partial charge on any atom is -0.389 e. The number of rotatable bonds is 4. The Morgan fingerprint density at radius 1 is 1.65 bits per heavy atom. The molecular formula is C10H11N3OS3. The Kier molecular flexibility index (Phi) is 4.03. The van der Waals surface area contributed by atoms with Crippen LogP contribution in [0.25, 0.3) is 10.6 Å². The molecule has 0 unspecified atom stereocenters. The summed E-state index contributed by atoms with van der Waals surface area (Å²) in [5.74, 6) is 0.356. The molecule has 0 fully saturated rings. The quantitative estimate of drug-likeness (QED) is 0.846. The molecule has 0 saturated carbocycles. The van der Waals surface area contributed by atoms with Crippen molar-refractivity contribution in [1.29, 1.82) is 0 Å². The van der Waals surface area contributed by atoms with Gasteiger partial charge in [0, 0.05) is 7.05 Å². The number of nitrogens with zero attached hydrogens (tertiary/aromatic N) is 1. The summed E-state index contributed by atoms with van der Waals surface area (Å²) in [7, 11) is 1.62. The SMILES string of the molecule is CNC(=O)CSc1nc(-c2cccs2)c(N)s1. The molecule has 0 aliphatic rings. The van der Waals surface area contributed by atoms with Gasteiger partial charge >= 0.3 is 0 Å². The van der Waals surface area contributed by atoms with E-state index in [1.54, 1.807) is 18.4 Å². The number of nitrogens with two attached hydrogens (primary N) is 1. The van der Waals surface area contributed by atoms with E-state index in [0.717, 1.165) is 14.9 Å². The van der Waals surface area contributed by atoms with Crippen molar-refractivity contribution < 1.29 is 4.79 Å². The third-order valence-electron chi connectivity index (χ3n) is 1.99. The first-order chi connectivity index (χ1) is 8.20. The van der Waals surface area contributed by atoms with Gasteiger partial charge in [0.05, 0.1) is 10.6 Å². The molecule has 0 radical (unpaired) electrons. The summed E-state index contributed by atoms with van der Waals surface area (Å²) >= 11 is 4.43. The lowest BCUT2D eigenvalue weighted by Gasteiger charge is -1.95. The van der Waals surface area contributed by atoms with Crippen molar-refractivity contribution in [3.63, 3.8) is 0 Å². The van der Waals surface area contributed by atoms with E-state index >= 15 is 0 Å².